The molecule has 2 amide bonds. The molecule has 2 aromatic rings. The molecule has 226 valence electrons. The van der Waals surface area contributed by atoms with Gasteiger partial charge < -0.3 is 36.8 Å². The molecule has 0 aromatic heterocycles. The monoisotopic (exact) mass is 597 g/mol. The predicted molar refractivity (Wildman–Crippen MR) is 164 cm³/mol. The number of Topliss-reactive ketones (excluding diaryl/α,β-unsaturated/α-hetero) is 1. The number of ketones is 1. The number of benzene rings is 2. The van der Waals surface area contributed by atoms with Gasteiger partial charge in [-0.25, -0.2) is 4.79 Å². The van der Waals surface area contributed by atoms with Crippen molar-refractivity contribution >= 4 is 36.0 Å². The number of hydrogen-bond acceptors (Lipinski definition) is 10. The number of nitrogens with zero attached hydrogens (tertiary/aromatic N) is 2. The number of unbranched alkanes of at least 4 members (excludes halogenated alkanes) is 1. The van der Waals surface area contributed by atoms with Crippen LogP contribution in [0, 0.1) is 0 Å². The highest BCUT2D eigenvalue weighted by Gasteiger charge is 2.42. The summed E-state index contributed by atoms with van der Waals surface area (Å²) in [7, 11) is 0. The van der Waals surface area contributed by atoms with Gasteiger partial charge in [-0.1, -0.05) is 18.6 Å². The molecule has 0 saturated carbocycles. The van der Waals surface area contributed by atoms with E-state index < -0.39 is 6.04 Å². The Hall–Kier alpha value is -3.77. The van der Waals surface area contributed by atoms with Crippen LogP contribution in [0.3, 0.4) is 0 Å². The zero-order valence-corrected chi connectivity index (χ0v) is 24.2. The second-order valence-corrected chi connectivity index (χ2v) is 12.0. The minimum atomic E-state index is -0.568. The van der Waals surface area contributed by atoms with Crippen LogP contribution >= 0.6 is 11.8 Å². The summed E-state index contributed by atoms with van der Waals surface area (Å²) < 4.78 is 0. The van der Waals surface area contributed by atoms with E-state index in [1.807, 2.05) is 11.8 Å². The van der Waals surface area contributed by atoms with E-state index in [9.17, 15) is 30.0 Å². The van der Waals surface area contributed by atoms with E-state index in [0.717, 1.165) is 25.0 Å². The SMILES string of the molecule is NC(CCC[C@@H](CN=Cc1cccc(O)c1O)N=Cc1cccc(O)c1O)C(=O)CCCC[C@@H]1SC[C@@H]2NC(=O)N[C@@H]21. The van der Waals surface area contributed by atoms with Gasteiger partial charge in [-0.05, 0) is 56.4 Å². The topological polar surface area (TPSA) is 190 Å². The number of amides is 2. The Balaban J connectivity index is 1.25. The summed E-state index contributed by atoms with van der Waals surface area (Å²) in [6, 6.07) is 8.61. The number of phenols is 4. The molecule has 0 radical (unpaired) electrons. The summed E-state index contributed by atoms with van der Waals surface area (Å²) >= 11 is 1.87. The summed E-state index contributed by atoms with van der Waals surface area (Å²) in [4.78, 5) is 33.1. The first kappa shape index (κ1) is 31.2. The molecule has 2 aromatic carbocycles. The number of nitrogens with one attached hydrogen (secondary N) is 2. The zero-order valence-electron chi connectivity index (χ0n) is 23.4. The Labute approximate surface area is 249 Å². The largest absolute Gasteiger partial charge is 0.504 e. The van der Waals surface area contributed by atoms with Gasteiger partial charge >= 0.3 is 6.03 Å². The van der Waals surface area contributed by atoms with Crippen LogP contribution in [0.4, 0.5) is 4.79 Å². The second-order valence-electron chi connectivity index (χ2n) is 10.7. The number of para-hydroxylation sites is 2. The maximum absolute atomic E-state index is 12.7. The van der Waals surface area contributed by atoms with Crippen LogP contribution < -0.4 is 16.4 Å². The molecule has 0 bridgehead atoms. The molecule has 5 atom stereocenters. The van der Waals surface area contributed by atoms with E-state index in [2.05, 4.69) is 20.6 Å². The number of nitrogens with two attached hydrogens (primary N) is 1. The van der Waals surface area contributed by atoms with Gasteiger partial charge in [0.05, 0.1) is 30.7 Å². The van der Waals surface area contributed by atoms with Crippen molar-refractivity contribution in [3.05, 3.63) is 47.5 Å². The number of aromatic hydroxyl groups is 4. The fourth-order valence-corrected chi connectivity index (χ4v) is 6.73. The lowest BCUT2D eigenvalue weighted by molar-refractivity contribution is -0.120. The van der Waals surface area contributed by atoms with Crippen molar-refractivity contribution in [1.29, 1.82) is 0 Å². The normalized spacial score (nSPS) is 21.4. The number of urea groups is 1. The standard InChI is InChI=1S/C30H39N5O6S/c31-21(23(36)10-1-2-13-26-27-22(17-42-26)34-30(41)35-27)9-5-8-20(33-15-19-7-4-12-25(38)29(19)40)16-32-14-18-6-3-11-24(37)28(18)39/h3-4,6-7,11-12,14-15,20-22,26-27,37-40H,1-2,5,8-10,13,16-17,31H2,(H2,34,35,41)/t20-,21?,22-,26-,27-/m0/s1. The Morgan fingerprint density at radius 1 is 0.976 bits per heavy atom. The lowest BCUT2D eigenvalue weighted by Gasteiger charge is -2.17. The first-order valence-electron chi connectivity index (χ1n) is 14.2. The molecular weight excluding hydrogens is 558 g/mol. The number of carbonyl (C=O) groups excluding carboxylic acids is 2. The van der Waals surface area contributed by atoms with Crippen LogP contribution in [0.5, 0.6) is 23.0 Å². The van der Waals surface area contributed by atoms with Crippen LogP contribution in [0.15, 0.2) is 46.4 Å². The molecule has 1 unspecified atom stereocenters. The summed E-state index contributed by atoms with van der Waals surface area (Å²) in [5.41, 5.74) is 6.94. The average molecular weight is 598 g/mol. The van der Waals surface area contributed by atoms with Crippen LogP contribution in [0.1, 0.15) is 56.1 Å². The van der Waals surface area contributed by atoms with E-state index in [-0.39, 0.29) is 59.5 Å². The number of hydrogen-bond donors (Lipinski definition) is 7. The Bertz CT molecular complexity index is 1300. The third-order valence-electron chi connectivity index (χ3n) is 7.63. The molecule has 2 saturated heterocycles. The zero-order chi connectivity index (χ0) is 30.1. The van der Waals surface area contributed by atoms with Crippen molar-refractivity contribution < 1.29 is 30.0 Å². The van der Waals surface area contributed by atoms with Crippen LogP contribution in [0.2, 0.25) is 0 Å². The quantitative estimate of drug-likeness (QED) is 0.0705. The van der Waals surface area contributed by atoms with Gasteiger partial charge in [0.25, 0.3) is 0 Å². The highest BCUT2D eigenvalue weighted by Crippen LogP contribution is 2.33. The molecule has 11 nitrogen and oxygen atoms in total. The molecule has 0 aliphatic carbocycles. The van der Waals surface area contributed by atoms with Crippen LogP contribution in [-0.4, -0.2) is 86.4 Å². The minimum Gasteiger partial charge on any atom is -0.504 e. The van der Waals surface area contributed by atoms with Gasteiger partial charge in [-0.15, -0.1) is 0 Å². The van der Waals surface area contributed by atoms with Crippen molar-refractivity contribution in [2.75, 3.05) is 12.3 Å². The molecule has 2 aliphatic rings. The van der Waals surface area contributed by atoms with Gasteiger partial charge in [-0.2, -0.15) is 11.8 Å². The van der Waals surface area contributed by atoms with Gasteiger partial charge in [0, 0.05) is 41.0 Å². The summed E-state index contributed by atoms with van der Waals surface area (Å²) in [5, 5.41) is 45.9. The lowest BCUT2D eigenvalue weighted by atomic mass is 9.98. The van der Waals surface area contributed by atoms with E-state index in [1.54, 1.807) is 24.3 Å². The van der Waals surface area contributed by atoms with Crippen molar-refractivity contribution in [3.8, 4) is 23.0 Å². The third-order valence-corrected chi connectivity index (χ3v) is 9.14. The average Bonchev–Trinajstić information content (AvgIpc) is 3.52. The Kier molecular flexibility index (Phi) is 11.1. The molecule has 2 aliphatic heterocycles. The third kappa shape index (κ3) is 8.39. The highest BCUT2D eigenvalue weighted by molar-refractivity contribution is 8.00. The Morgan fingerprint density at radius 2 is 1.67 bits per heavy atom. The first-order valence-corrected chi connectivity index (χ1v) is 15.3. The van der Waals surface area contributed by atoms with Crippen LogP contribution in [-0.2, 0) is 4.79 Å². The van der Waals surface area contributed by atoms with Crippen molar-refractivity contribution in [1.82, 2.24) is 10.6 Å². The summed E-state index contributed by atoms with van der Waals surface area (Å²) in [5.74, 6) is -0.0598. The fraction of sp³-hybridized carbons (Fsp3) is 0.467. The second kappa shape index (κ2) is 14.9. The number of thioether (sulfide) groups is 1. The molecule has 0 spiro atoms. The van der Waals surface area contributed by atoms with Crippen molar-refractivity contribution in [2.45, 2.75) is 74.4 Å². The van der Waals surface area contributed by atoms with Crippen LogP contribution in [0.25, 0.3) is 0 Å². The number of fused-ring (bicyclic) bond motifs is 1. The predicted octanol–water partition coefficient (Wildman–Crippen LogP) is 3.21. The Morgan fingerprint density at radius 3 is 2.38 bits per heavy atom. The van der Waals surface area contributed by atoms with Gasteiger partial charge in [-0.3, -0.25) is 14.8 Å². The number of carbonyl (C=O) groups is 2. The van der Waals surface area contributed by atoms with Crippen molar-refractivity contribution in [2.24, 2.45) is 15.7 Å². The van der Waals surface area contributed by atoms with Gasteiger partial charge in [0.2, 0.25) is 0 Å². The van der Waals surface area contributed by atoms with Gasteiger partial charge in [0.1, 0.15) is 5.78 Å². The maximum atomic E-state index is 12.7. The van der Waals surface area contributed by atoms with E-state index in [4.69, 9.17) is 5.73 Å². The summed E-state index contributed by atoms with van der Waals surface area (Å²) in [6.45, 7) is 0.255. The lowest BCUT2D eigenvalue weighted by Crippen LogP contribution is -2.36. The maximum Gasteiger partial charge on any atom is 0.315 e. The van der Waals surface area contributed by atoms with E-state index in [0.29, 0.717) is 42.1 Å². The number of phenolic OH excluding ortho intramolecular Hbond substituents is 4. The van der Waals surface area contributed by atoms with Gasteiger partial charge in [0.15, 0.2) is 23.0 Å². The first-order chi connectivity index (χ1) is 20.2. The van der Waals surface area contributed by atoms with E-state index >= 15 is 0 Å². The molecule has 8 N–H and O–H groups in total. The summed E-state index contributed by atoms with van der Waals surface area (Å²) in [6.07, 6.45) is 7.67. The molecule has 42 heavy (non-hydrogen) atoms. The van der Waals surface area contributed by atoms with E-state index in [1.165, 1.54) is 24.6 Å². The highest BCUT2D eigenvalue weighted by atomic mass is 32.2. The number of rotatable bonds is 15. The molecular formula is C30H39N5O6S. The fourth-order valence-electron chi connectivity index (χ4n) is 5.18. The smallest absolute Gasteiger partial charge is 0.315 e. The molecule has 4 rings (SSSR count). The van der Waals surface area contributed by atoms with Crippen molar-refractivity contribution in [3.63, 3.8) is 0 Å². The molecule has 2 fully saturated rings. The number of aliphatic imine (C=N–C) groups is 2. The molecule has 12 heteroatoms. The molecule has 2 heterocycles. The minimum absolute atomic E-state index is 0.0323.